The summed E-state index contributed by atoms with van der Waals surface area (Å²) in [5.41, 5.74) is 4.40. The van der Waals surface area contributed by atoms with Crippen molar-refractivity contribution < 1.29 is 9.68 Å². The number of nitrogens with one attached hydrogen (secondary N) is 1. The van der Waals surface area contributed by atoms with Crippen molar-refractivity contribution in [1.29, 1.82) is 0 Å². The second kappa shape index (κ2) is 15.3. The van der Waals surface area contributed by atoms with Crippen LogP contribution in [0.4, 0.5) is 0 Å². The molecule has 232 valence electrons. The van der Waals surface area contributed by atoms with Crippen molar-refractivity contribution in [1.82, 2.24) is 35.8 Å². The predicted octanol–water partition coefficient (Wildman–Crippen LogP) is 2.22. The zero-order chi connectivity index (χ0) is 30.7. The molecule has 8 heterocycles. The summed E-state index contributed by atoms with van der Waals surface area (Å²) < 4.78 is 0. The minimum atomic E-state index is -0.273. The highest BCUT2D eigenvalue weighted by Gasteiger charge is 2.21. The van der Waals surface area contributed by atoms with Crippen LogP contribution in [-0.4, -0.2) is 73.4 Å². The highest BCUT2D eigenvalue weighted by Crippen LogP contribution is 2.16. The fourth-order valence-electron chi connectivity index (χ4n) is 3.40. The van der Waals surface area contributed by atoms with Gasteiger partial charge in [0.1, 0.15) is 0 Å². The minimum absolute atomic E-state index is 0. The molecule has 1 N–H and O–H groups in total. The Morgan fingerprint density at radius 3 is 2.42 bits per heavy atom. The van der Waals surface area contributed by atoms with E-state index in [9.17, 15) is 0 Å². The Hall–Kier alpha value is -6.24. The van der Waals surface area contributed by atoms with Crippen LogP contribution >= 0.6 is 0 Å². The number of hydrogen-bond acceptors (Lipinski definition) is 19. The van der Waals surface area contributed by atoms with Gasteiger partial charge < -0.3 is 9.68 Å². The molecule has 1 aromatic heterocycles. The number of hydrogen-bond donors (Lipinski definition) is 1. The predicted molar refractivity (Wildman–Crippen MR) is 164 cm³/mol. The Bertz CT molecular complexity index is 1680. The molecule has 7 aliphatic heterocycles. The van der Waals surface area contributed by atoms with E-state index in [-0.39, 0.29) is 19.8 Å². The van der Waals surface area contributed by atoms with Crippen molar-refractivity contribution in [3.8, 4) is 0 Å². The number of amidine groups is 2. The summed E-state index contributed by atoms with van der Waals surface area (Å²) in [6, 6.07) is 0. The second-order valence-electron chi connectivity index (χ2n) is 8.71. The van der Waals surface area contributed by atoms with Crippen molar-refractivity contribution in [2.45, 2.75) is 33.7 Å². The standard InChI is InChI=1S/C7H8N4.C6H7N5.2C6H6N4O.CH4/c1-7-6-10-4-2-3-5-11(10)9-8-7;1-6-7-9-11-5-3-2-4-10(11)8-6;2*1-4-9-5-6(10-11-4)8-3-2-7-5;/h2-5H,1,6H2;2-5H,1H3;2-4H,1H3;2-3,6,10H,1H2;1H4. The van der Waals surface area contributed by atoms with Crippen LogP contribution in [0.5, 0.6) is 0 Å². The molecule has 2 atom stereocenters. The fraction of sp³-hybridized carbons (Fsp3) is 0.231. The van der Waals surface area contributed by atoms with Crippen molar-refractivity contribution in [2.75, 3.05) is 6.54 Å². The number of aromatic nitrogens is 2. The van der Waals surface area contributed by atoms with E-state index >= 15 is 0 Å². The molecule has 45 heavy (non-hydrogen) atoms. The van der Waals surface area contributed by atoms with E-state index < -0.39 is 0 Å². The zero-order valence-electron chi connectivity index (χ0n) is 23.7. The van der Waals surface area contributed by atoms with Gasteiger partial charge in [-0.3, -0.25) is 10.0 Å². The van der Waals surface area contributed by atoms with Gasteiger partial charge in [-0.2, -0.15) is 15.2 Å². The lowest BCUT2D eigenvalue weighted by molar-refractivity contribution is 0.0566. The normalized spacial score (nSPS) is 21.8. The number of fused-ring (bicyclic) bond motifs is 4. The van der Waals surface area contributed by atoms with Gasteiger partial charge in [-0.15, -0.1) is 25.9 Å². The monoisotopic (exact) mass is 613 g/mol. The maximum atomic E-state index is 4.86. The Morgan fingerprint density at radius 2 is 1.60 bits per heavy atom. The van der Waals surface area contributed by atoms with Crippen LogP contribution in [0.1, 0.15) is 21.3 Å². The Kier molecular flexibility index (Phi) is 10.8. The SMILES string of the molecule is C.C=C1CN2C=CC=CN2N=N1.C=C1N=C2N=CC=NC2NO1.CC1=NN2C=CC=CN2N=N1.CC1N=c2nccnc2=NO1. The molecular formula is C26H31N17O2. The van der Waals surface area contributed by atoms with Crippen molar-refractivity contribution in [3.63, 3.8) is 0 Å². The lowest BCUT2D eigenvalue weighted by atomic mass is 10.4. The van der Waals surface area contributed by atoms with Gasteiger partial charge >= 0.3 is 0 Å². The highest BCUT2D eigenvalue weighted by atomic mass is 16.7. The average Bonchev–Trinajstić information content (AvgIpc) is 3.05. The average molecular weight is 614 g/mol. The fourth-order valence-corrected chi connectivity index (χ4v) is 3.40. The zero-order valence-corrected chi connectivity index (χ0v) is 23.7. The molecule has 0 aliphatic carbocycles. The summed E-state index contributed by atoms with van der Waals surface area (Å²) in [4.78, 5) is 33.5. The van der Waals surface area contributed by atoms with Crippen LogP contribution in [0.15, 0.2) is 137 Å². The topological polar surface area (TPSA) is 193 Å². The summed E-state index contributed by atoms with van der Waals surface area (Å²) in [7, 11) is 0. The molecule has 0 amide bonds. The van der Waals surface area contributed by atoms with Gasteiger partial charge in [0.05, 0.1) is 18.4 Å². The molecule has 0 saturated carbocycles. The van der Waals surface area contributed by atoms with Gasteiger partial charge in [0, 0.05) is 43.4 Å². The summed E-state index contributed by atoms with van der Waals surface area (Å²) in [5, 5.41) is 29.9. The third-order valence-corrected chi connectivity index (χ3v) is 5.30. The van der Waals surface area contributed by atoms with Crippen LogP contribution in [0.25, 0.3) is 0 Å². The van der Waals surface area contributed by atoms with Crippen molar-refractivity contribution in [2.24, 2.45) is 50.9 Å². The van der Waals surface area contributed by atoms with Gasteiger partial charge in [-0.05, 0) is 55.2 Å². The molecule has 0 spiro atoms. The first-order valence-corrected chi connectivity index (χ1v) is 13.0. The number of aliphatic imine (C=N–C) groups is 3. The van der Waals surface area contributed by atoms with E-state index in [4.69, 9.17) is 9.68 Å². The highest BCUT2D eigenvalue weighted by molar-refractivity contribution is 6.22. The first-order valence-electron chi connectivity index (χ1n) is 13.0. The number of allylic oxidation sites excluding steroid dienone is 4. The maximum absolute atomic E-state index is 4.86. The first-order chi connectivity index (χ1) is 21.4. The molecule has 1 aromatic rings. The lowest BCUT2D eigenvalue weighted by Gasteiger charge is -2.31. The van der Waals surface area contributed by atoms with Gasteiger partial charge in [0.15, 0.2) is 23.3 Å². The van der Waals surface area contributed by atoms with Crippen LogP contribution in [-0.2, 0) is 9.68 Å². The van der Waals surface area contributed by atoms with Gasteiger partial charge in [-0.25, -0.2) is 20.0 Å². The molecule has 2 unspecified atom stereocenters. The van der Waals surface area contributed by atoms with Crippen LogP contribution in [0, 0.1) is 0 Å². The molecule has 7 aliphatic rings. The van der Waals surface area contributed by atoms with Crippen molar-refractivity contribution in [3.05, 3.63) is 97.2 Å². The molecule has 0 aromatic carbocycles. The van der Waals surface area contributed by atoms with Gasteiger partial charge in [0.25, 0.3) is 0 Å². The number of hydrazone groups is 1. The molecular weight excluding hydrogens is 582 g/mol. The first kappa shape index (κ1) is 31.7. The third-order valence-electron chi connectivity index (χ3n) is 5.30. The molecule has 19 heteroatoms. The van der Waals surface area contributed by atoms with Crippen LogP contribution in [0.2, 0.25) is 0 Å². The lowest BCUT2D eigenvalue weighted by Crippen LogP contribution is -2.39. The van der Waals surface area contributed by atoms with Gasteiger partial charge in [0.2, 0.25) is 17.6 Å². The number of nitrogens with zero attached hydrogens (tertiary/aromatic N) is 16. The molecule has 0 fully saturated rings. The molecule has 0 bridgehead atoms. The van der Waals surface area contributed by atoms with Crippen molar-refractivity contribution >= 4 is 24.1 Å². The van der Waals surface area contributed by atoms with Gasteiger partial charge in [-0.1, -0.05) is 19.2 Å². The maximum Gasteiger partial charge on any atom is 0.236 e. The van der Waals surface area contributed by atoms with E-state index in [1.54, 1.807) is 60.2 Å². The molecule has 19 nitrogen and oxygen atoms in total. The van der Waals surface area contributed by atoms with E-state index in [0.29, 0.717) is 35.1 Å². The number of hydrazine groups is 2. The number of hydroxylamine groups is 1. The Labute approximate surface area is 258 Å². The smallest absolute Gasteiger partial charge is 0.236 e. The van der Waals surface area contributed by atoms with E-state index in [1.165, 1.54) is 0 Å². The molecule has 0 radical (unpaired) electrons. The number of rotatable bonds is 0. The Morgan fingerprint density at radius 1 is 0.889 bits per heavy atom. The minimum Gasteiger partial charge on any atom is -0.386 e. The summed E-state index contributed by atoms with van der Waals surface area (Å²) in [6.45, 7) is 11.5. The Balaban J connectivity index is 0.000000136. The summed E-state index contributed by atoms with van der Waals surface area (Å²) in [6.07, 6.45) is 20.7. The molecule has 0 saturated heterocycles. The van der Waals surface area contributed by atoms with Crippen LogP contribution < -0.4 is 16.5 Å². The summed E-state index contributed by atoms with van der Waals surface area (Å²) >= 11 is 0. The summed E-state index contributed by atoms with van der Waals surface area (Å²) in [5.74, 6) is 1.55. The van der Waals surface area contributed by atoms with E-state index in [2.05, 4.69) is 79.5 Å². The van der Waals surface area contributed by atoms with E-state index in [1.807, 2.05) is 47.9 Å². The second-order valence-corrected chi connectivity index (χ2v) is 8.71. The molecule has 8 rings (SSSR count). The third kappa shape index (κ3) is 8.88. The van der Waals surface area contributed by atoms with E-state index in [0.717, 1.165) is 5.70 Å². The van der Waals surface area contributed by atoms with Crippen LogP contribution in [0.3, 0.4) is 0 Å². The largest absolute Gasteiger partial charge is 0.386 e. The quantitative estimate of drug-likeness (QED) is 0.457.